The van der Waals surface area contributed by atoms with Gasteiger partial charge in [0.25, 0.3) is 0 Å². The summed E-state index contributed by atoms with van der Waals surface area (Å²) in [5.74, 6) is -0.333. The van der Waals surface area contributed by atoms with Gasteiger partial charge in [0.05, 0.1) is 17.6 Å². The molecule has 0 radical (unpaired) electrons. The van der Waals surface area contributed by atoms with Gasteiger partial charge < -0.3 is 9.84 Å². The van der Waals surface area contributed by atoms with Crippen molar-refractivity contribution < 1.29 is 14.6 Å². The lowest BCUT2D eigenvalue weighted by molar-refractivity contribution is -0.169. The van der Waals surface area contributed by atoms with E-state index in [2.05, 4.69) is 0 Å². The lowest BCUT2D eigenvalue weighted by atomic mass is 9.73. The van der Waals surface area contributed by atoms with Crippen LogP contribution < -0.4 is 0 Å². The molecule has 0 heterocycles. The van der Waals surface area contributed by atoms with E-state index in [0.717, 1.165) is 11.1 Å². The zero-order valence-electron chi connectivity index (χ0n) is 11.2. The van der Waals surface area contributed by atoms with Crippen LogP contribution in [0.5, 0.6) is 0 Å². The highest BCUT2D eigenvalue weighted by Gasteiger charge is 2.52. The van der Waals surface area contributed by atoms with E-state index in [1.54, 1.807) is 20.8 Å². The number of rotatable bonds is 3. The van der Waals surface area contributed by atoms with Crippen molar-refractivity contribution in [1.82, 2.24) is 0 Å². The van der Waals surface area contributed by atoms with E-state index in [1.165, 1.54) is 0 Å². The smallest absolute Gasteiger partial charge is 0.314 e. The third kappa shape index (κ3) is 1.93. The second kappa shape index (κ2) is 4.39. The van der Waals surface area contributed by atoms with E-state index in [4.69, 9.17) is 4.74 Å². The standard InChI is InChI=1S/C15H20O3/c1-4-18-13(16)14(2,3)15(17)9-11-7-5-6-8-12(11)10-15/h5-8,17H,4,9-10H2,1-3H3. The number of carbonyl (C=O) groups is 1. The van der Waals surface area contributed by atoms with Crippen LogP contribution in [-0.2, 0) is 22.4 Å². The van der Waals surface area contributed by atoms with Crippen molar-refractivity contribution in [2.75, 3.05) is 6.61 Å². The zero-order valence-corrected chi connectivity index (χ0v) is 11.2. The molecule has 0 aliphatic heterocycles. The first kappa shape index (κ1) is 13.1. The van der Waals surface area contributed by atoms with Crippen molar-refractivity contribution in [3.63, 3.8) is 0 Å². The van der Waals surface area contributed by atoms with Crippen LogP contribution in [0.2, 0.25) is 0 Å². The Morgan fingerprint density at radius 3 is 2.28 bits per heavy atom. The first-order valence-corrected chi connectivity index (χ1v) is 6.37. The lowest BCUT2D eigenvalue weighted by Crippen LogP contribution is -2.51. The Morgan fingerprint density at radius 2 is 1.83 bits per heavy atom. The predicted octanol–water partition coefficient (Wildman–Crippen LogP) is 2.11. The number of carbonyl (C=O) groups excluding carboxylic acids is 1. The lowest BCUT2D eigenvalue weighted by Gasteiger charge is -2.37. The molecule has 0 bridgehead atoms. The maximum atomic E-state index is 12.0. The van der Waals surface area contributed by atoms with Crippen LogP contribution in [0.4, 0.5) is 0 Å². The Morgan fingerprint density at radius 1 is 1.33 bits per heavy atom. The Labute approximate surface area is 108 Å². The third-order valence-corrected chi connectivity index (χ3v) is 4.03. The number of ether oxygens (including phenoxy) is 1. The number of hydrogen-bond acceptors (Lipinski definition) is 3. The average Bonchev–Trinajstić information content (AvgIpc) is 2.67. The Balaban J connectivity index is 2.27. The Bertz CT molecular complexity index is 438. The van der Waals surface area contributed by atoms with Gasteiger partial charge in [0.15, 0.2) is 0 Å². The van der Waals surface area contributed by atoms with E-state index in [-0.39, 0.29) is 5.97 Å². The molecule has 0 aromatic heterocycles. The van der Waals surface area contributed by atoms with Crippen LogP contribution in [0.3, 0.4) is 0 Å². The molecule has 0 saturated heterocycles. The molecule has 1 N–H and O–H groups in total. The van der Waals surface area contributed by atoms with Gasteiger partial charge in [0, 0.05) is 12.8 Å². The van der Waals surface area contributed by atoms with Crippen molar-refractivity contribution in [3.8, 4) is 0 Å². The zero-order chi connectivity index (χ0) is 13.4. The molecule has 1 aliphatic carbocycles. The maximum absolute atomic E-state index is 12.0. The summed E-state index contributed by atoms with van der Waals surface area (Å²) < 4.78 is 5.08. The Kier molecular flexibility index (Phi) is 3.20. The van der Waals surface area contributed by atoms with Crippen molar-refractivity contribution in [1.29, 1.82) is 0 Å². The molecule has 0 atom stereocenters. The molecule has 0 spiro atoms. The molecule has 18 heavy (non-hydrogen) atoms. The highest BCUT2D eigenvalue weighted by atomic mass is 16.5. The van der Waals surface area contributed by atoms with Crippen LogP contribution in [0, 0.1) is 5.41 Å². The Hall–Kier alpha value is -1.35. The second-order valence-electron chi connectivity index (χ2n) is 5.50. The molecule has 3 nitrogen and oxygen atoms in total. The predicted molar refractivity (Wildman–Crippen MR) is 69.2 cm³/mol. The molecule has 0 fully saturated rings. The van der Waals surface area contributed by atoms with Gasteiger partial charge in [0.1, 0.15) is 0 Å². The second-order valence-corrected chi connectivity index (χ2v) is 5.50. The number of fused-ring (bicyclic) bond motifs is 1. The summed E-state index contributed by atoms with van der Waals surface area (Å²) in [6, 6.07) is 7.94. The molecular formula is C15H20O3. The third-order valence-electron chi connectivity index (χ3n) is 4.03. The van der Waals surface area contributed by atoms with Crippen LogP contribution in [0.15, 0.2) is 24.3 Å². The topological polar surface area (TPSA) is 46.5 Å². The fraction of sp³-hybridized carbons (Fsp3) is 0.533. The van der Waals surface area contributed by atoms with E-state index < -0.39 is 11.0 Å². The van der Waals surface area contributed by atoms with Crippen LogP contribution in [0.25, 0.3) is 0 Å². The average molecular weight is 248 g/mol. The van der Waals surface area contributed by atoms with Crippen molar-refractivity contribution >= 4 is 5.97 Å². The fourth-order valence-corrected chi connectivity index (χ4v) is 2.54. The fourth-order valence-electron chi connectivity index (χ4n) is 2.54. The van der Waals surface area contributed by atoms with Gasteiger partial charge in [-0.25, -0.2) is 0 Å². The molecule has 0 unspecified atom stereocenters. The summed E-state index contributed by atoms with van der Waals surface area (Å²) in [4.78, 5) is 12.0. The minimum atomic E-state index is -1.05. The molecule has 1 aromatic carbocycles. The molecular weight excluding hydrogens is 228 g/mol. The van der Waals surface area contributed by atoms with Crippen LogP contribution >= 0.6 is 0 Å². The van der Waals surface area contributed by atoms with Crippen molar-refractivity contribution in [2.24, 2.45) is 5.41 Å². The van der Waals surface area contributed by atoms with E-state index in [0.29, 0.717) is 19.4 Å². The monoisotopic (exact) mass is 248 g/mol. The first-order valence-electron chi connectivity index (χ1n) is 6.37. The highest BCUT2D eigenvalue weighted by molar-refractivity contribution is 5.78. The van der Waals surface area contributed by atoms with Gasteiger partial charge in [-0.3, -0.25) is 4.79 Å². The minimum Gasteiger partial charge on any atom is -0.465 e. The maximum Gasteiger partial charge on any atom is 0.314 e. The summed E-state index contributed by atoms with van der Waals surface area (Å²) in [6.07, 6.45) is 1.02. The van der Waals surface area contributed by atoms with Gasteiger partial charge in [-0.15, -0.1) is 0 Å². The molecule has 1 aliphatic rings. The van der Waals surface area contributed by atoms with E-state index >= 15 is 0 Å². The SMILES string of the molecule is CCOC(=O)C(C)(C)C1(O)Cc2ccccc2C1. The summed E-state index contributed by atoms with van der Waals surface area (Å²) >= 11 is 0. The van der Waals surface area contributed by atoms with Gasteiger partial charge in [-0.05, 0) is 31.9 Å². The molecule has 3 heteroatoms. The number of esters is 1. The summed E-state index contributed by atoms with van der Waals surface area (Å²) in [7, 11) is 0. The van der Waals surface area contributed by atoms with Crippen LogP contribution in [0.1, 0.15) is 31.9 Å². The molecule has 0 saturated carbocycles. The van der Waals surface area contributed by atoms with Gasteiger partial charge in [0.2, 0.25) is 0 Å². The summed E-state index contributed by atoms with van der Waals surface area (Å²) in [5.41, 5.74) is 0.292. The van der Waals surface area contributed by atoms with Gasteiger partial charge >= 0.3 is 5.97 Å². The number of aliphatic hydroxyl groups is 1. The van der Waals surface area contributed by atoms with Crippen molar-refractivity contribution in [2.45, 2.75) is 39.2 Å². The molecule has 2 rings (SSSR count). The normalized spacial score (nSPS) is 17.3. The van der Waals surface area contributed by atoms with Crippen molar-refractivity contribution in [3.05, 3.63) is 35.4 Å². The molecule has 1 aromatic rings. The van der Waals surface area contributed by atoms with Crippen LogP contribution in [-0.4, -0.2) is 23.3 Å². The summed E-state index contributed by atoms with van der Waals surface area (Å²) in [6.45, 7) is 5.64. The summed E-state index contributed by atoms with van der Waals surface area (Å²) in [5, 5.41) is 10.8. The highest BCUT2D eigenvalue weighted by Crippen LogP contribution is 2.43. The molecule has 0 amide bonds. The first-order chi connectivity index (χ1) is 8.40. The van der Waals surface area contributed by atoms with E-state index in [1.807, 2.05) is 24.3 Å². The van der Waals surface area contributed by atoms with E-state index in [9.17, 15) is 9.90 Å². The minimum absolute atomic E-state index is 0.333. The number of hydrogen-bond donors (Lipinski definition) is 1. The molecule has 98 valence electrons. The number of benzene rings is 1. The quantitative estimate of drug-likeness (QED) is 0.833. The van der Waals surface area contributed by atoms with Gasteiger partial charge in [-0.1, -0.05) is 24.3 Å². The van der Waals surface area contributed by atoms with Gasteiger partial charge in [-0.2, -0.15) is 0 Å². The largest absolute Gasteiger partial charge is 0.465 e.